The van der Waals surface area contributed by atoms with E-state index < -0.39 is 0 Å². The predicted octanol–water partition coefficient (Wildman–Crippen LogP) is 3.84. The number of fused-ring (bicyclic) bond motifs is 2. The minimum atomic E-state index is -0.232. The second-order valence-electron chi connectivity index (χ2n) is 6.38. The second-order valence-corrected chi connectivity index (χ2v) is 7.33. The zero-order valence-electron chi connectivity index (χ0n) is 14.9. The number of hydrogen-bond donors (Lipinski definition) is 1. The first-order chi connectivity index (χ1) is 13.7. The maximum atomic E-state index is 12.3. The normalized spacial score (nSPS) is 11.3. The Morgan fingerprint density at radius 1 is 1.14 bits per heavy atom. The van der Waals surface area contributed by atoms with Gasteiger partial charge in [-0.2, -0.15) is 9.61 Å². The maximum absolute atomic E-state index is 12.3. The summed E-state index contributed by atoms with van der Waals surface area (Å²) >= 11 is 1.49. The van der Waals surface area contributed by atoms with Gasteiger partial charge in [-0.25, -0.2) is 0 Å². The molecule has 5 rings (SSSR count). The van der Waals surface area contributed by atoms with Crippen LogP contribution < -0.4 is 5.32 Å². The van der Waals surface area contributed by atoms with Crippen LogP contribution in [0, 0.1) is 6.92 Å². The molecule has 5 aromatic rings. The summed E-state index contributed by atoms with van der Waals surface area (Å²) in [7, 11) is 0. The molecule has 0 saturated carbocycles. The molecule has 0 fully saturated rings. The summed E-state index contributed by atoms with van der Waals surface area (Å²) in [6.07, 6.45) is 0. The van der Waals surface area contributed by atoms with Crippen LogP contribution in [0.3, 0.4) is 0 Å². The van der Waals surface area contributed by atoms with Gasteiger partial charge in [0.1, 0.15) is 10.6 Å². The van der Waals surface area contributed by atoms with Crippen LogP contribution in [0.25, 0.3) is 26.5 Å². The molecule has 0 unspecified atom stereocenters. The van der Waals surface area contributed by atoms with Gasteiger partial charge < -0.3 is 9.73 Å². The van der Waals surface area contributed by atoms with Crippen LogP contribution in [0.2, 0.25) is 0 Å². The highest BCUT2D eigenvalue weighted by Crippen LogP contribution is 2.25. The number of hydrogen-bond acceptors (Lipinski definition) is 6. The third kappa shape index (κ3) is 2.93. The van der Waals surface area contributed by atoms with E-state index in [-0.39, 0.29) is 5.91 Å². The summed E-state index contributed by atoms with van der Waals surface area (Å²) < 4.78 is 7.33. The lowest BCUT2D eigenvalue weighted by molar-refractivity contribution is 0.0925. The molecule has 0 aliphatic carbocycles. The molecule has 1 amide bonds. The average molecular weight is 389 g/mol. The smallest absolute Gasteiger partial charge is 0.287 e. The molecular weight excluding hydrogens is 374 g/mol. The fourth-order valence-electron chi connectivity index (χ4n) is 2.96. The molecular formula is C20H15N5O2S. The number of nitrogens with zero attached hydrogens (tertiary/aromatic N) is 4. The van der Waals surface area contributed by atoms with E-state index in [9.17, 15) is 4.79 Å². The van der Waals surface area contributed by atoms with Gasteiger partial charge >= 0.3 is 0 Å². The minimum absolute atomic E-state index is 0.232. The van der Waals surface area contributed by atoms with Crippen molar-refractivity contribution in [2.45, 2.75) is 13.5 Å². The van der Waals surface area contributed by atoms with E-state index in [0.717, 1.165) is 32.3 Å². The fraction of sp³-hybridized carbons (Fsp3) is 0.100. The van der Waals surface area contributed by atoms with E-state index in [1.807, 2.05) is 55.5 Å². The van der Waals surface area contributed by atoms with Crippen molar-refractivity contribution in [1.29, 1.82) is 0 Å². The van der Waals surface area contributed by atoms with Gasteiger partial charge in [0.15, 0.2) is 11.6 Å². The van der Waals surface area contributed by atoms with Crippen LogP contribution in [0.5, 0.6) is 0 Å². The molecule has 0 radical (unpaired) electrons. The van der Waals surface area contributed by atoms with Crippen LogP contribution in [-0.4, -0.2) is 25.7 Å². The molecule has 0 atom stereocenters. The van der Waals surface area contributed by atoms with Crippen molar-refractivity contribution in [1.82, 2.24) is 25.1 Å². The monoisotopic (exact) mass is 389 g/mol. The van der Waals surface area contributed by atoms with E-state index in [2.05, 4.69) is 20.6 Å². The lowest BCUT2D eigenvalue weighted by atomic mass is 10.1. The predicted molar refractivity (Wildman–Crippen MR) is 106 cm³/mol. The Labute approximate surface area is 163 Å². The number of rotatable bonds is 4. The van der Waals surface area contributed by atoms with Crippen LogP contribution in [-0.2, 0) is 6.54 Å². The van der Waals surface area contributed by atoms with Crippen LogP contribution in [0.4, 0.5) is 0 Å². The average Bonchev–Trinajstić information content (AvgIpc) is 3.42. The summed E-state index contributed by atoms with van der Waals surface area (Å²) in [6, 6.07) is 17.2. The van der Waals surface area contributed by atoms with Gasteiger partial charge in [0.2, 0.25) is 4.96 Å². The zero-order valence-corrected chi connectivity index (χ0v) is 15.7. The molecule has 28 heavy (non-hydrogen) atoms. The minimum Gasteiger partial charge on any atom is -0.451 e. The van der Waals surface area contributed by atoms with Crippen molar-refractivity contribution in [3.8, 4) is 10.6 Å². The van der Waals surface area contributed by atoms with Gasteiger partial charge in [0.25, 0.3) is 5.91 Å². The molecule has 0 aliphatic rings. The number of carbonyl (C=O) groups is 1. The van der Waals surface area contributed by atoms with E-state index in [0.29, 0.717) is 17.9 Å². The van der Waals surface area contributed by atoms with Crippen LogP contribution in [0.1, 0.15) is 21.9 Å². The summed E-state index contributed by atoms with van der Waals surface area (Å²) in [5.41, 5.74) is 2.70. The van der Waals surface area contributed by atoms with E-state index in [1.165, 1.54) is 11.3 Å². The van der Waals surface area contributed by atoms with Gasteiger partial charge in [0.05, 0.1) is 0 Å². The molecule has 0 bridgehead atoms. The Kier molecular flexibility index (Phi) is 3.91. The molecule has 138 valence electrons. The van der Waals surface area contributed by atoms with E-state index >= 15 is 0 Å². The molecule has 3 aromatic heterocycles. The van der Waals surface area contributed by atoms with Gasteiger partial charge in [-0.3, -0.25) is 4.79 Å². The summed E-state index contributed by atoms with van der Waals surface area (Å²) in [5.74, 6) is 0.847. The number of para-hydroxylation sites is 1. The number of aryl methyl sites for hydroxylation is 1. The highest BCUT2D eigenvalue weighted by atomic mass is 32.1. The number of furan rings is 1. The second kappa shape index (κ2) is 6.58. The fourth-order valence-corrected chi connectivity index (χ4v) is 3.85. The standard InChI is InChI=1S/C20H15N5O2S/c1-12-22-23-20-25(12)24-19(28-20)14-8-6-13(7-9-14)11-21-18(26)17-10-15-4-2-3-5-16(15)27-17/h2-10H,11H2,1H3,(H,21,26). The Balaban J connectivity index is 1.28. The van der Waals surface area contributed by atoms with Crippen molar-refractivity contribution in [2.75, 3.05) is 0 Å². The SMILES string of the molecule is Cc1nnc2sc(-c3ccc(CNC(=O)c4cc5ccccc5o4)cc3)nn12. The Morgan fingerprint density at radius 3 is 2.75 bits per heavy atom. The highest BCUT2D eigenvalue weighted by Gasteiger charge is 2.13. The lowest BCUT2D eigenvalue weighted by Gasteiger charge is -2.04. The van der Waals surface area contributed by atoms with Gasteiger partial charge in [0, 0.05) is 17.5 Å². The van der Waals surface area contributed by atoms with E-state index in [1.54, 1.807) is 10.6 Å². The van der Waals surface area contributed by atoms with Crippen LogP contribution in [0.15, 0.2) is 59.0 Å². The molecule has 0 saturated heterocycles. The molecule has 0 spiro atoms. The Hall–Kier alpha value is -3.52. The van der Waals surface area contributed by atoms with E-state index in [4.69, 9.17) is 4.42 Å². The summed E-state index contributed by atoms with van der Waals surface area (Å²) in [6.45, 7) is 2.29. The van der Waals surface area contributed by atoms with Crippen molar-refractivity contribution in [3.05, 3.63) is 71.7 Å². The van der Waals surface area contributed by atoms with Gasteiger partial charge in [-0.15, -0.1) is 10.2 Å². The van der Waals surface area contributed by atoms with Crippen LogP contribution >= 0.6 is 11.3 Å². The van der Waals surface area contributed by atoms with Gasteiger partial charge in [-0.1, -0.05) is 53.8 Å². The molecule has 8 heteroatoms. The highest BCUT2D eigenvalue weighted by molar-refractivity contribution is 7.19. The summed E-state index contributed by atoms with van der Waals surface area (Å²) in [5, 5.41) is 17.3. The molecule has 7 nitrogen and oxygen atoms in total. The Morgan fingerprint density at radius 2 is 1.96 bits per heavy atom. The van der Waals surface area contributed by atoms with Crippen molar-refractivity contribution < 1.29 is 9.21 Å². The molecule has 2 aromatic carbocycles. The van der Waals surface area contributed by atoms with Crippen molar-refractivity contribution in [2.24, 2.45) is 0 Å². The van der Waals surface area contributed by atoms with Gasteiger partial charge in [-0.05, 0) is 24.6 Å². The quantitative estimate of drug-likeness (QED) is 0.505. The third-order valence-electron chi connectivity index (χ3n) is 4.45. The van der Waals surface area contributed by atoms with Crippen molar-refractivity contribution in [3.63, 3.8) is 0 Å². The number of amides is 1. The largest absolute Gasteiger partial charge is 0.451 e. The van der Waals surface area contributed by atoms with Crippen molar-refractivity contribution >= 4 is 33.2 Å². The zero-order chi connectivity index (χ0) is 19.1. The lowest BCUT2D eigenvalue weighted by Crippen LogP contribution is -2.22. The number of carbonyl (C=O) groups excluding carboxylic acids is 1. The molecule has 0 aliphatic heterocycles. The number of aromatic nitrogens is 4. The first kappa shape index (κ1) is 16.6. The number of nitrogens with one attached hydrogen (secondary N) is 1. The Bertz CT molecular complexity index is 1270. The summed E-state index contributed by atoms with van der Waals surface area (Å²) in [4.78, 5) is 13.1. The maximum Gasteiger partial charge on any atom is 0.287 e. The molecule has 3 heterocycles. The third-order valence-corrected chi connectivity index (χ3v) is 5.40. The molecule has 1 N–H and O–H groups in total. The first-order valence-corrected chi connectivity index (χ1v) is 9.54. The number of benzene rings is 2. The topological polar surface area (TPSA) is 85.3 Å². The first-order valence-electron chi connectivity index (χ1n) is 8.72.